The van der Waals surface area contributed by atoms with Crippen LogP contribution in [0.4, 0.5) is 0 Å². The Balaban J connectivity index is 2.11. The van der Waals surface area contributed by atoms with E-state index in [1.54, 1.807) is 0 Å². The highest BCUT2D eigenvalue weighted by molar-refractivity contribution is 5.96. The van der Waals surface area contributed by atoms with E-state index in [0.717, 1.165) is 12.8 Å². The van der Waals surface area contributed by atoms with Gasteiger partial charge in [-0.3, -0.25) is 9.59 Å². The van der Waals surface area contributed by atoms with Gasteiger partial charge in [0.25, 0.3) is 0 Å². The van der Waals surface area contributed by atoms with E-state index in [1.807, 2.05) is 0 Å². The Labute approximate surface area is 63.7 Å². The summed E-state index contributed by atoms with van der Waals surface area (Å²) >= 11 is 0. The fourth-order valence-corrected chi connectivity index (χ4v) is 2.72. The number of esters is 1. The molecule has 0 aromatic heterocycles. The van der Waals surface area contributed by atoms with E-state index in [2.05, 4.69) is 0 Å². The van der Waals surface area contributed by atoms with Crippen LogP contribution in [0.5, 0.6) is 0 Å². The molecule has 1 saturated heterocycles. The van der Waals surface area contributed by atoms with Gasteiger partial charge < -0.3 is 4.74 Å². The zero-order valence-electron chi connectivity index (χ0n) is 5.95. The molecule has 1 aliphatic heterocycles. The van der Waals surface area contributed by atoms with Crippen LogP contribution in [0.2, 0.25) is 0 Å². The quantitative estimate of drug-likeness (QED) is 0.463. The second kappa shape index (κ2) is 1.49. The van der Waals surface area contributed by atoms with Gasteiger partial charge in [0, 0.05) is 5.92 Å². The first-order valence-electron chi connectivity index (χ1n) is 4.01. The fraction of sp³-hybridized carbons (Fsp3) is 0.750. The summed E-state index contributed by atoms with van der Waals surface area (Å²) < 4.78 is 5.05. The molecule has 1 heterocycles. The molecule has 4 unspecified atom stereocenters. The first kappa shape index (κ1) is 5.75. The smallest absolute Gasteiger partial charge is 0.310 e. The van der Waals surface area contributed by atoms with E-state index in [9.17, 15) is 9.59 Å². The van der Waals surface area contributed by atoms with Gasteiger partial charge in [-0.2, -0.15) is 0 Å². The molecule has 0 aromatic rings. The third-order valence-corrected chi connectivity index (χ3v) is 3.19. The summed E-state index contributed by atoms with van der Waals surface area (Å²) in [5, 5.41) is 0. The lowest BCUT2D eigenvalue weighted by molar-refractivity contribution is -0.143. The fourth-order valence-electron chi connectivity index (χ4n) is 2.72. The molecule has 2 aliphatic carbocycles. The lowest BCUT2D eigenvalue weighted by Crippen LogP contribution is -2.17. The van der Waals surface area contributed by atoms with Crippen LogP contribution in [0.3, 0.4) is 0 Å². The van der Waals surface area contributed by atoms with E-state index < -0.39 is 0 Å². The molecule has 11 heavy (non-hydrogen) atoms. The number of ether oxygens (including phenoxy) is 1. The average Bonchev–Trinajstić information content (AvgIpc) is 2.47. The zero-order chi connectivity index (χ0) is 7.59. The third-order valence-electron chi connectivity index (χ3n) is 3.19. The van der Waals surface area contributed by atoms with Crippen molar-refractivity contribution in [3.8, 4) is 0 Å². The molecule has 3 heteroatoms. The van der Waals surface area contributed by atoms with E-state index in [1.165, 1.54) is 0 Å². The van der Waals surface area contributed by atoms with Crippen molar-refractivity contribution in [3.63, 3.8) is 0 Å². The van der Waals surface area contributed by atoms with E-state index in [4.69, 9.17) is 4.74 Å². The summed E-state index contributed by atoms with van der Waals surface area (Å²) in [5.41, 5.74) is 0. The molecule has 58 valence electrons. The number of hydrogen-bond acceptors (Lipinski definition) is 3. The summed E-state index contributed by atoms with van der Waals surface area (Å²) in [4.78, 5) is 22.4. The number of Topliss-reactive ketones (excluding diaryl/α,β-unsaturated/α-hetero) is 1. The summed E-state index contributed by atoms with van der Waals surface area (Å²) in [6, 6.07) is 0. The summed E-state index contributed by atoms with van der Waals surface area (Å²) in [6.07, 6.45) is 1.52. The average molecular weight is 152 g/mol. The van der Waals surface area contributed by atoms with Crippen LogP contribution in [0.1, 0.15) is 12.8 Å². The molecule has 0 N–H and O–H groups in total. The van der Waals surface area contributed by atoms with Crippen molar-refractivity contribution in [1.29, 1.82) is 0 Å². The molecule has 0 amide bonds. The van der Waals surface area contributed by atoms with Gasteiger partial charge in [0.2, 0.25) is 0 Å². The van der Waals surface area contributed by atoms with Gasteiger partial charge in [-0.1, -0.05) is 0 Å². The predicted octanol–water partition coefficient (Wildman–Crippen LogP) is 0.137. The number of fused-ring (bicyclic) bond motifs is 1. The van der Waals surface area contributed by atoms with Crippen molar-refractivity contribution in [2.75, 3.05) is 0 Å². The van der Waals surface area contributed by atoms with Crippen LogP contribution < -0.4 is 0 Å². The van der Waals surface area contributed by atoms with Crippen LogP contribution in [0.25, 0.3) is 0 Å². The van der Waals surface area contributed by atoms with Crippen molar-refractivity contribution in [1.82, 2.24) is 0 Å². The van der Waals surface area contributed by atoms with Gasteiger partial charge in [-0.15, -0.1) is 0 Å². The maximum atomic E-state index is 11.3. The molecule has 2 bridgehead atoms. The van der Waals surface area contributed by atoms with Crippen LogP contribution in [-0.2, 0) is 14.3 Å². The Hall–Kier alpha value is -0.860. The van der Waals surface area contributed by atoms with Crippen molar-refractivity contribution in [2.24, 2.45) is 17.8 Å². The highest BCUT2D eigenvalue weighted by atomic mass is 16.6. The maximum absolute atomic E-state index is 11.3. The minimum Gasteiger partial charge on any atom is -0.461 e. The van der Waals surface area contributed by atoms with Crippen LogP contribution in [0, 0.1) is 17.8 Å². The van der Waals surface area contributed by atoms with Gasteiger partial charge in [-0.05, 0) is 12.8 Å². The summed E-state index contributed by atoms with van der Waals surface area (Å²) in [6.45, 7) is 0. The minimum absolute atomic E-state index is 0.0428. The van der Waals surface area contributed by atoms with Gasteiger partial charge in [0.1, 0.15) is 11.9 Å². The minimum atomic E-state index is -0.131. The second-order valence-electron chi connectivity index (χ2n) is 3.68. The zero-order valence-corrected chi connectivity index (χ0v) is 5.95. The monoisotopic (exact) mass is 152 g/mol. The molecule has 4 atom stereocenters. The second-order valence-corrected chi connectivity index (χ2v) is 3.68. The molecule has 2 saturated carbocycles. The van der Waals surface area contributed by atoms with Crippen molar-refractivity contribution in [3.05, 3.63) is 0 Å². The Morgan fingerprint density at radius 2 is 2.09 bits per heavy atom. The van der Waals surface area contributed by atoms with Crippen molar-refractivity contribution < 1.29 is 14.3 Å². The van der Waals surface area contributed by atoms with Gasteiger partial charge >= 0.3 is 5.97 Å². The number of ketones is 1. The largest absolute Gasteiger partial charge is 0.461 e. The SMILES string of the molecule is O=C1OC2CC3CC1C2C3=O. The molecular weight excluding hydrogens is 144 g/mol. The third kappa shape index (κ3) is 0.481. The summed E-state index contributed by atoms with van der Waals surface area (Å²) in [7, 11) is 0. The molecule has 3 rings (SSSR count). The number of rotatable bonds is 0. The first-order chi connectivity index (χ1) is 5.27. The molecule has 3 aliphatic rings. The van der Waals surface area contributed by atoms with Crippen molar-refractivity contribution in [2.45, 2.75) is 18.9 Å². The van der Waals surface area contributed by atoms with Crippen LogP contribution in [0.15, 0.2) is 0 Å². The highest BCUT2D eigenvalue weighted by Crippen LogP contribution is 2.51. The number of carbonyl (C=O) groups is 2. The standard InChI is InChI=1S/C8H8O3/c9-7-3-1-4-6(7)5(2-3)11-8(4)10/h3-6H,1-2H2. The van der Waals surface area contributed by atoms with E-state index >= 15 is 0 Å². The van der Waals surface area contributed by atoms with Gasteiger partial charge in [0.05, 0.1) is 11.8 Å². The van der Waals surface area contributed by atoms with Gasteiger partial charge in [-0.25, -0.2) is 0 Å². The van der Waals surface area contributed by atoms with E-state index in [0.29, 0.717) is 0 Å². The van der Waals surface area contributed by atoms with Gasteiger partial charge in [0.15, 0.2) is 0 Å². The molecule has 0 radical (unpaired) electrons. The Kier molecular flexibility index (Phi) is 0.780. The number of carbonyl (C=O) groups excluding carboxylic acids is 2. The molecule has 0 spiro atoms. The topological polar surface area (TPSA) is 43.4 Å². The predicted molar refractivity (Wildman–Crippen MR) is 34.6 cm³/mol. The Morgan fingerprint density at radius 3 is 2.64 bits per heavy atom. The van der Waals surface area contributed by atoms with Crippen LogP contribution >= 0.6 is 0 Å². The lowest BCUT2D eigenvalue weighted by atomic mass is 9.90. The molecule has 3 nitrogen and oxygen atoms in total. The molecular formula is C8H8O3. The lowest BCUT2D eigenvalue weighted by Gasteiger charge is -2.09. The summed E-state index contributed by atoms with van der Waals surface area (Å²) in [5.74, 6) is 0.194. The molecule has 3 fully saturated rings. The van der Waals surface area contributed by atoms with Crippen molar-refractivity contribution >= 4 is 11.8 Å². The maximum Gasteiger partial charge on any atom is 0.310 e. The number of hydrogen-bond donors (Lipinski definition) is 0. The normalized spacial score (nSPS) is 52.0. The highest BCUT2D eigenvalue weighted by Gasteiger charge is 2.61. The molecule has 0 aromatic carbocycles. The van der Waals surface area contributed by atoms with E-state index in [-0.39, 0.29) is 35.6 Å². The Bertz CT molecular complexity index is 258. The first-order valence-corrected chi connectivity index (χ1v) is 4.01. The Morgan fingerprint density at radius 1 is 1.27 bits per heavy atom. The van der Waals surface area contributed by atoms with Crippen LogP contribution in [-0.4, -0.2) is 17.9 Å².